The lowest BCUT2D eigenvalue weighted by Gasteiger charge is -2.36. The van der Waals surface area contributed by atoms with Crippen molar-refractivity contribution in [3.63, 3.8) is 0 Å². The number of nitrogens with zero attached hydrogens (tertiary/aromatic N) is 3. The van der Waals surface area contributed by atoms with Crippen LogP contribution >= 0.6 is 24.0 Å². The van der Waals surface area contributed by atoms with Gasteiger partial charge in [0.15, 0.2) is 5.96 Å². The smallest absolute Gasteiger partial charge is 0.410 e. The summed E-state index contributed by atoms with van der Waals surface area (Å²) in [5.41, 5.74) is 6.82. The molecule has 29 heavy (non-hydrogen) atoms. The highest BCUT2D eigenvalue weighted by Crippen LogP contribution is 2.11. The van der Waals surface area contributed by atoms with Gasteiger partial charge in [-0.3, -0.25) is 4.99 Å². The minimum absolute atomic E-state index is 0. The number of aliphatic imine (C=N–C) groups is 1. The fourth-order valence-electron chi connectivity index (χ4n) is 2.82. The Balaban J connectivity index is 0.00000420. The van der Waals surface area contributed by atoms with Crippen LogP contribution in [0.4, 0.5) is 4.79 Å². The maximum Gasteiger partial charge on any atom is 0.410 e. The highest BCUT2D eigenvalue weighted by atomic mass is 127. The number of halogens is 1. The molecule has 0 bridgehead atoms. The van der Waals surface area contributed by atoms with E-state index >= 15 is 0 Å². The number of carbonyl (C=O) groups excluding carboxylic acids is 1. The Morgan fingerprint density at radius 2 is 1.69 bits per heavy atom. The summed E-state index contributed by atoms with van der Waals surface area (Å²) in [5.74, 6) is 0.550. The lowest BCUT2D eigenvalue weighted by Crippen LogP contribution is -2.53. The number of nitrogens with two attached hydrogens (primary N) is 1. The summed E-state index contributed by atoms with van der Waals surface area (Å²) in [5, 5.41) is 0. The average molecular weight is 518 g/mol. The van der Waals surface area contributed by atoms with Gasteiger partial charge < -0.3 is 25.0 Å². The van der Waals surface area contributed by atoms with Gasteiger partial charge in [0.2, 0.25) is 0 Å². The van der Waals surface area contributed by atoms with Crippen LogP contribution in [-0.4, -0.2) is 66.8 Å². The fourth-order valence-corrected chi connectivity index (χ4v) is 2.82. The summed E-state index contributed by atoms with van der Waals surface area (Å²) in [6, 6.07) is 10.2. The molecule has 1 saturated heterocycles. The van der Waals surface area contributed by atoms with Crippen LogP contribution in [0.5, 0.6) is 0 Å². The Kier molecular flexibility index (Phi) is 11.3. The molecular formula is C21H35IN4O3. The monoisotopic (exact) mass is 518 g/mol. The van der Waals surface area contributed by atoms with Gasteiger partial charge in [-0.05, 0) is 39.2 Å². The van der Waals surface area contributed by atoms with Gasteiger partial charge in [0.1, 0.15) is 5.60 Å². The van der Waals surface area contributed by atoms with E-state index in [1.165, 1.54) is 5.56 Å². The Morgan fingerprint density at radius 3 is 2.31 bits per heavy atom. The van der Waals surface area contributed by atoms with Crippen LogP contribution in [0.25, 0.3) is 0 Å². The highest BCUT2D eigenvalue weighted by Gasteiger charge is 2.26. The third-order valence-corrected chi connectivity index (χ3v) is 4.34. The molecule has 0 saturated carbocycles. The molecular weight excluding hydrogens is 483 g/mol. The van der Waals surface area contributed by atoms with Crippen LogP contribution < -0.4 is 5.73 Å². The van der Waals surface area contributed by atoms with Crippen molar-refractivity contribution in [2.24, 2.45) is 10.7 Å². The second-order valence-corrected chi connectivity index (χ2v) is 7.94. The predicted molar refractivity (Wildman–Crippen MR) is 127 cm³/mol. The quantitative estimate of drug-likeness (QED) is 0.259. The Hall–Kier alpha value is -1.55. The van der Waals surface area contributed by atoms with Gasteiger partial charge in [0.25, 0.3) is 0 Å². The highest BCUT2D eigenvalue weighted by molar-refractivity contribution is 14.0. The zero-order valence-corrected chi connectivity index (χ0v) is 20.1. The lowest BCUT2D eigenvalue weighted by atomic mass is 10.2. The zero-order chi connectivity index (χ0) is 20.4. The van der Waals surface area contributed by atoms with Crippen LogP contribution in [-0.2, 0) is 16.1 Å². The normalized spacial score (nSPS) is 15.1. The molecule has 0 spiro atoms. The molecule has 7 nitrogen and oxygen atoms in total. The van der Waals surface area contributed by atoms with E-state index in [4.69, 9.17) is 15.2 Å². The summed E-state index contributed by atoms with van der Waals surface area (Å²) in [4.78, 5) is 20.3. The van der Waals surface area contributed by atoms with E-state index in [9.17, 15) is 4.79 Å². The first-order valence-electron chi connectivity index (χ1n) is 9.99. The molecule has 1 amide bonds. The molecule has 164 valence electrons. The minimum Gasteiger partial charge on any atom is -0.444 e. The molecule has 2 rings (SSSR count). The van der Waals surface area contributed by atoms with Crippen LogP contribution in [0.2, 0.25) is 0 Å². The fraction of sp³-hybridized carbons (Fsp3) is 0.619. The molecule has 0 atom stereocenters. The van der Waals surface area contributed by atoms with Crippen molar-refractivity contribution in [3.8, 4) is 0 Å². The number of unbranched alkanes of at least 4 members (excludes halogenated alkanes) is 1. The van der Waals surface area contributed by atoms with Crippen molar-refractivity contribution in [1.29, 1.82) is 0 Å². The Morgan fingerprint density at radius 1 is 1.07 bits per heavy atom. The maximum absolute atomic E-state index is 12.1. The molecule has 1 heterocycles. The van der Waals surface area contributed by atoms with Gasteiger partial charge in [0.05, 0.1) is 6.61 Å². The number of benzene rings is 1. The second-order valence-electron chi connectivity index (χ2n) is 7.94. The van der Waals surface area contributed by atoms with E-state index in [1.807, 2.05) is 43.9 Å². The number of guanidine groups is 1. The largest absolute Gasteiger partial charge is 0.444 e. The first-order valence-corrected chi connectivity index (χ1v) is 9.99. The summed E-state index contributed by atoms with van der Waals surface area (Å²) in [7, 11) is 0. The molecule has 8 heteroatoms. The summed E-state index contributed by atoms with van der Waals surface area (Å²) in [6.45, 7) is 10.2. The molecule has 2 N–H and O–H groups in total. The van der Waals surface area contributed by atoms with Gasteiger partial charge in [-0.15, -0.1) is 24.0 Å². The van der Waals surface area contributed by atoms with Gasteiger partial charge in [0, 0.05) is 39.3 Å². The molecule has 0 aliphatic carbocycles. The molecule has 1 fully saturated rings. The van der Waals surface area contributed by atoms with Gasteiger partial charge in [-0.2, -0.15) is 0 Å². The van der Waals surface area contributed by atoms with E-state index in [0.29, 0.717) is 45.3 Å². The third-order valence-electron chi connectivity index (χ3n) is 4.34. The summed E-state index contributed by atoms with van der Waals surface area (Å²) in [6.07, 6.45) is 1.63. The first kappa shape index (κ1) is 25.5. The molecule has 0 unspecified atom stereocenters. The van der Waals surface area contributed by atoms with Crippen molar-refractivity contribution in [2.75, 3.05) is 39.3 Å². The maximum atomic E-state index is 12.1. The van der Waals surface area contributed by atoms with E-state index in [1.54, 1.807) is 4.90 Å². The van der Waals surface area contributed by atoms with Gasteiger partial charge >= 0.3 is 6.09 Å². The number of rotatable bonds is 7. The summed E-state index contributed by atoms with van der Waals surface area (Å²) < 4.78 is 11.1. The number of hydrogen-bond donors (Lipinski definition) is 1. The number of ether oxygens (including phenoxy) is 2. The lowest BCUT2D eigenvalue weighted by molar-refractivity contribution is 0.0186. The van der Waals surface area contributed by atoms with Crippen LogP contribution in [0.1, 0.15) is 39.2 Å². The summed E-state index contributed by atoms with van der Waals surface area (Å²) >= 11 is 0. The Labute approximate surface area is 191 Å². The van der Waals surface area contributed by atoms with Gasteiger partial charge in [-0.25, -0.2) is 4.79 Å². The standard InChI is InChI=1S/C21H34N4O3.HI/c1-21(2,3)28-20(26)25-14-12-24(13-15-25)19(22)23-11-7-8-16-27-17-18-9-5-4-6-10-18;/h4-6,9-10H,7-8,11-17H2,1-3H3,(H2,22,23);1H. The van der Waals surface area contributed by atoms with Crippen molar-refractivity contribution >= 4 is 36.0 Å². The topological polar surface area (TPSA) is 80.4 Å². The number of hydrogen-bond acceptors (Lipinski definition) is 4. The predicted octanol–water partition coefficient (Wildman–Crippen LogP) is 3.47. The van der Waals surface area contributed by atoms with Gasteiger partial charge in [-0.1, -0.05) is 30.3 Å². The average Bonchev–Trinajstić information content (AvgIpc) is 2.66. The van der Waals surface area contributed by atoms with Crippen LogP contribution in [0.3, 0.4) is 0 Å². The molecule has 1 aliphatic heterocycles. The number of carbonyl (C=O) groups is 1. The first-order chi connectivity index (χ1) is 13.3. The number of amides is 1. The molecule has 1 aliphatic rings. The Bertz CT molecular complexity index is 627. The van der Waals surface area contributed by atoms with Crippen molar-refractivity contribution in [1.82, 2.24) is 9.80 Å². The van der Waals surface area contributed by atoms with Crippen molar-refractivity contribution < 1.29 is 14.3 Å². The third kappa shape index (κ3) is 10.2. The van der Waals surface area contributed by atoms with Crippen LogP contribution in [0, 0.1) is 0 Å². The van der Waals surface area contributed by atoms with Crippen molar-refractivity contribution in [3.05, 3.63) is 35.9 Å². The van der Waals surface area contributed by atoms with E-state index in [2.05, 4.69) is 17.1 Å². The molecule has 0 aromatic heterocycles. The zero-order valence-electron chi connectivity index (χ0n) is 17.8. The van der Waals surface area contributed by atoms with E-state index in [0.717, 1.165) is 19.4 Å². The molecule has 1 aromatic carbocycles. The van der Waals surface area contributed by atoms with Crippen molar-refractivity contribution in [2.45, 2.75) is 45.8 Å². The molecule has 0 radical (unpaired) electrons. The molecule has 1 aromatic rings. The minimum atomic E-state index is -0.473. The van der Waals surface area contributed by atoms with E-state index < -0.39 is 5.60 Å². The van der Waals surface area contributed by atoms with Crippen LogP contribution in [0.15, 0.2) is 35.3 Å². The van der Waals surface area contributed by atoms with E-state index in [-0.39, 0.29) is 30.1 Å². The second kappa shape index (κ2) is 12.9. The number of piperazine rings is 1. The SMILES string of the molecule is CC(C)(C)OC(=O)N1CCN(C(N)=NCCCCOCc2ccccc2)CC1.I.